The quantitative estimate of drug-likeness (QED) is 0.331. The predicted octanol–water partition coefficient (Wildman–Crippen LogP) is 6.36. The molecule has 3 aromatic rings. The summed E-state index contributed by atoms with van der Waals surface area (Å²) in [5, 5.41) is 4.61. The average Bonchev–Trinajstić information content (AvgIpc) is 2.67. The van der Waals surface area contributed by atoms with Crippen molar-refractivity contribution in [2.24, 2.45) is 0 Å². The van der Waals surface area contributed by atoms with Gasteiger partial charge < -0.3 is 14.2 Å². The van der Waals surface area contributed by atoms with Gasteiger partial charge in [0, 0.05) is 11.5 Å². The second kappa shape index (κ2) is 8.79. The first kappa shape index (κ1) is 18.4. The van der Waals surface area contributed by atoms with Crippen LogP contribution in [0, 0.1) is 0 Å². The van der Waals surface area contributed by atoms with E-state index in [4.69, 9.17) is 14.2 Å². The van der Waals surface area contributed by atoms with Crippen LogP contribution in [0.2, 0.25) is 0 Å². The predicted molar refractivity (Wildman–Crippen MR) is 109 cm³/mol. The van der Waals surface area contributed by atoms with Crippen molar-refractivity contribution in [3.63, 3.8) is 0 Å². The fourth-order valence-electron chi connectivity index (χ4n) is 3.10. The molecule has 3 aromatic carbocycles. The lowest BCUT2D eigenvalue weighted by Crippen LogP contribution is -1.98. The topological polar surface area (TPSA) is 27.7 Å². The minimum absolute atomic E-state index is 0.716. The number of hydrogen-bond acceptors (Lipinski definition) is 3. The molecule has 138 valence electrons. The highest BCUT2D eigenvalue weighted by Gasteiger charge is 2.11. The summed E-state index contributed by atoms with van der Waals surface area (Å²) in [5.74, 6) is 2.63. The Morgan fingerprint density at radius 2 is 1.42 bits per heavy atom. The Hall–Kier alpha value is -2.42. The third kappa shape index (κ3) is 4.04. The van der Waals surface area contributed by atoms with Crippen molar-refractivity contribution in [1.82, 2.24) is 0 Å². The molecule has 0 saturated carbocycles. The van der Waals surface area contributed by atoms with Crippen molar-refractivity contribution in [2.45, 2.75) is 39.5 Å². The summed E-state index contributed by atoms with van der Waals surface area (Å²) in [4.78, 5) is 0. The molecule has 3 rings (SSSR count). The standard InChI is InChI=1S/C23H28O3/c1-4-6-12-25-19-10-11-21-17(14-19)8-9-18-15-20(24-3)16-22(23(18)21)26-13-7-5-2/h8-11,14-16H,4-7,12-13H2,1-3H3. The van der Waals surface area contributed by atoms with Crippen LogP contribution in [0.4, 0.5) is 0 Å². The van der Waals surface area contributed by atoms with Gasteiger partial charge in [0.05, 0.1) is 20.3 Å². The normalized spacial score (nSPS) is 11.0. The molecular formula is C23H28O3. The zero-order valence-electron chi connectivity index (χ0n) is 16.0. The van der Waals surface area contributed by atoms with Crippen LogP contribution in [0.25, 0.3) is 21.5 Å². The highest BCUT2D eigenvalue weighted by atomic mass is 16.5. The number of unbranched alkanes of at least 4 members (excludes halogenated alkanes) is 2. The third-order valence-corrected chi connectivity index (χ3v) is 4.60. The Kier molecular flexibility index (Phi) is 6.21. The second-order valence-corrected chi connectivity index (χ2v) is 6.58. The molecule has 0 atom stereocenters. The molecule has 0 spiro atoms. The maximum absolute atomic E-state index is 6.11. The van der Waals surface area contributed by atoms with Crippen LogP contribution in [0.1, 0.15) is 39.5 Å². The van der Waals surface area contributed by atoms with Gasteiger partial charge in [-0.1, -0.05) is 38.8 Å². The maximum atomic E-state index is 6.11. The summed E-state index contributed by atoms with van der Waals surface area (Å²) in [6.07, 6.45) is 4.36. The van der Waals surface area contributed by atoms with Gasteiger partial charge in [0.2, 0.25) is 0 Å². The third-order valence-electron chi connectivity index (χ3n) is 4.60. The minimum atomic E-state index is 0.716. The molecule has 0 aliphatic carbocycles. The maximum Gasteiger partial charge on any atom is 0.131 e. The first-order chi connectivity index (χ1) is 12.8. The van der Waals surface area contributed by atoms with Gasteiger partial charge in [0.1, 0.15) is 17.2 Å². The fourth-order valence-corrected chi connectivity index (χ4v) is 3.10. The van der Waals surface area contributed by atoms with E-state index in [1.807, 2.05) is 6.07 Å². The van der Waals surface area contributed by atoms with Crippen molar-refractivity contribution in [1.29, 1.82) is 0 Å². The fraction of sp³-hybridized carbons (Fsp3) is 0.391. The number of benzene rings is 3. The van der Waals surface area contributed by atoms with E-state index in [0.717, 1.165) is 65.7 Å². The van der Waals surface area contributed by atoms with Gasteiger partial charge in [0.15, 0.2) is 0 Å². The van der Waals surface area contributed by atoms with Crippen LogP contribution >= 0.6 is 0 Å². The van der Waals surface area contributed by atoms with E-state index < -0.39 is 0 Å². The molecule has 0 unspecified atom stereocenters. The highest BCUT2D eigenvalue weighted by molar-refractivity contribution is 6.11. The summed E-state index contributed by atoms with van der Waals surface area (Å²) in [5.41, 5.74) is 0. The Morgan fingerprint density at radius 1 is 0.731 bits per heavy atom. The summed E-state index contributed by atoms with van der Waals surface area (Å²) in [7, 11) is 1.69. The van der Waals surface area contributed by atoms with Gasteiger partial charge in [-0.2, -0.15) is 0 Å². The Bertz CT molecular complexity index is 870. The second-order valence-electron chi connectivity index (χ2n) is 6.58. The molecule has 26 heavy (non-hydrogen) atoms. The molecule has 0 radical (unpaired) electrons. The lowest BCUT2D eigenvalue weighted by Gasteiger charge is -2.14. The van der Waals surface area contributed by atoms with E-state index in [9.17, 15) is 0 Å². The van der Waals surface area contributed by atoms with E-state index in [-0.39, 0.29) is 0 Å². The number of ether oxygens (including phenoxy) is 3. The molecule has 0 amide bonds. The molecule has 0 aromatic heterocycles. The summed E-state index contributed by atoms with van der Waals surface area (Å²) in [6.45, 7) is 5.82. The van der Waals surface area contributed by atoms with Gasteiger partial charge in [0.25, 0.3) is 0 Å². The zero-order valence-corrected chi connectivity index (χ0v) is 16.0. The first-order valence-corrected chi connectivity index (χ1v) is 9.57. The molecule has 0 bridgehead atoms. The van der Waals surface area contributed by atoms with E-state index in [0.29, 0.717) is 6.61 Å². The molecule has 3 nitrogen and oxygen atoms in total. The number of fused-ring (bicyclic) bond motifs is 3. The number of hydrogen-bond donors (Lipinski definition) is 0. The van der Waals surface area contributed by atoms with Crippen LogP contribution in [-0.4, -0.2) is 20.3 Å². The molecule has 0 fully saturated rings. The SMILES string of the molecule is CCCCOc1ccc2c(ccc3cc(OC)cc(OCCCC)c32)c1. The van der Waals surface area contributed by atoms with Crippen molar-refractivity contribution in [3.05, 3.63) is 42.5 Å². The van der Waals surface area contributed by atoms with Crippen LogP contribution in [0.15, 0.2) is 42.5 Å². The first-order valence-electron chi connectivity index (χ1n) is 9.57. The summed E-state index contributed by atoms with van der Waals surface area (Å²) >= 11 is 0. The van der Waals surface area contributed by atoms with Gasteiger partial charge in [-0.25, -0.2) is 0 Å². The smallest absolute Gasteiger partial charge is 0.131 e. The summed E-state index contributed by atoms with van der Waals surface area (Å²) < 4.78 is 17.4. The van der Waals surface area contributed by atoms with E-state index in [2.05, 4.69) is 50.2 Å². The van der Waals surface area contributed by atoms with Crippen LogP contribution in [-0.2, 0) is 0 Å². The number of methoxy groups -OCH3 is 1. The lowest BCUT2D eigenvalue weighted by atomic mass is 10.0. The van der Waals surface area contributed by atoms with Crippen LogP contribution in [0.3, 0.4) is 0 Å². The average molecular weight is 352 g/mol. The molecule has 0 heterocycles. The Labute approximate surface area is 155 Å². The van der Waals surface area contributed by atoms with Gasteiger partial charge in [-0.3, -0.25) is 0 Å². The van der Waals surface area contributed by atoms with Crippen LogP contribution < -0.4 is 14.2 Å². The minimum Gasteiger partial charge on any atom is -0.497 e. The molecular weight excluding hydrogens is 324 g/mol. The van der Waals surface area contributed by atoms with E-state index in [1.54, 1.807) is 7.11 Å². The Balaban J connectivity index is 2.04. The number of rotatable bonds is 9. The van der Waals surface area contributed by atoms with Gasteiger partial charge in [-0.15, -0.1) is 0 Å². The monoisotopic (exact) mass is 352 g/mol. The molecule has 3 heteroatoms. The van der Waals surface area contributed by atoms with E-state index >= 15 is 0 Å². The van der Waals surface area contributed by atoms with Crippen molar-refractivity contribution in [3.8, 4) is 17.2 Å². The van der Waals surface area contributed by atoms with Gasteiger partial charge >= 0.3 is 0 Å². The largest absolute Gasteiger partial charge is 0.497 e. The van der Waals surface area contributed by atoms with Crippen molar-refractivity contribution < 1.29 is 14.2 Å². The van der Waals surface area contributed by atoms with Crippen molar-refractivity contribution in [2.75, 3.05) is 20.3 Å². The van der Waals surface area contributed by atoms with Gasteiger partial charge in [-0.05, 0) is 53.3 Å². The Morgan fingerprint density at radius 3 is 2.15 bits per heavy atom. The van der Waals surface area contributed by atoms with E-state index in [1.165, 1.54) is 5.39 Å². The highest BCUT2D eigenvalue weighted by Crippen LogP contribution is 2.37. The molecule has 0 aliphatic heterocycles. The lowest BCUT2D eigenvalue weighted by molar-refractivity contribution is 0.309. The summed E-state index contributed by atoms with van der Waals surface area (Å²) in [6, 6.07) is 14.6. The molecule has 0 N–H and O–H groups in total. The zero-order chi connectivity index (χ0) is 18.4. The molecule has 0 saturated heterocycles. The van der Waals surface area contributed by atoms with Crippen LogP contribution in [0.5, 0.6) is 17.2 Å². The molecule has 0 aliphatic rings. The van der Waals surface area contributed by atoms with Crippen molar-refractivity contribution >= 4 is 21.5 Å².